The molecule has 7 heteroatoms. The standard InChI is InChI=1S/C13H16F2N2O2S/c1-8-13(18)17(5-6-20(2)19)12(16-8)10-4-3-9(14)7-11(10)15/h3-4,7-8,12,16H,5-6H2,1-2H3. The number of rotatable bonds is 4. The van der Waals surface area contributed by atoms with Gasteiger partial charge in [0.25, 0.3) is 0 Å². The quantitative estimate of drug-likeness (QED) is 0.908. The highest BCUT2D eigenvalue weighted by molar-refractivity contribution is 7.84. The van der Waals surface area contributed by atoms with Crippen molar-refractivity contribution in [3.63, 3.8) is 0 Å². The predicted octanol–water partition coefficient (Wildman–Crippen LogP) is 1.16. The molecule has 0 bridgehead atoms. The van der Waals surface area contributed by atoms with Gasteiger partial charge in [-0.05, 0) is 19.1 Å². The van der Waals surface area contributed by atoms with Gasteiger partial charge in [0.05, 0.1) is 6.04 Å². The minimum absolute atomic E-state index is 0.177. The number of benzene rings is 1. The molecule has 0 saturated carbocycles. The molecule has 1 aliphatic heterocycles. The van der Waals surface area contributed by atoms with E-state index in [1.54, 1.807) is 13.2 Å². The SMILES string of the molecule is CC1NC(c2ccc(F)cc2F)N(CCS(C)=O)C1=O. The monoisotopic (exact) mass is 302 g/mol. The van der Waals surface area contributed by atoms with Crippen LogP contribution >= 0.6 is 0 Å². The number of nitrogens with one attached hydrogen (secondary N) is 1. The molecule has 0 aliphatic carbocycles. The molecule has 20 heavy (non-hydrogen) atoms. The van der Waals surface area contributed by atoms with Crippen LogP contribution in [0.4, 0.5) is 8.78 Å². The first-order chi connectivity index (χ1) is 9.40. The third-order valence-corrected chi connectivity index (χ3v) is 4.01. The van der Waals surface area contributed by atoms with Crippen LogP contribution in [0.3, 0.4) is 0 Å². The fourth-order valence-electron chi connectivity index (χ4n) is 2.22. The number of carbonyl (C=O) groups is 1. The van der Waals surface area contributed by atoms with Crippen LogP contribution in [0.2, 0.25) is 0 Å². The van der Waals surface area contributed by atoms with Crippen molar-refractivity contribution in [2.75, 3.05) is 18.6 Å². The summed E-state index contributed by atoms with van der Waals surface area (Å²) in [6.07, 6.45) is 0.895. The number of halogens is 2. The van der Waals surface area contributed by atoms with Crippen LogP contribution in [-0.2, 0) is 15.6 Å². The molecule has 0 aromatic heterocycles. The van der Waals surface area contributed by atoms with Crippen LogP contribution in [0.15, 0.2) is 18.2 Å². The molecule has 1 aliphatic rings. The molecular formula is C13H16F2N2O2S. The molecule has 3 unspecified atom stereocenters. The topological polar surface area (TPSA) is 49.4 Å². The molecule has 3 atom stereocenters. The van der Waals surface area contributed by atoms with Gasteiger partial charge in [0, 0.05) is 41.0 Å². The van der Waals surface area contributed by atoms with Gasteiger partial charge in [-0.3, -0.25) is 14.3 Å². The Hall–Kier alpha value is -1.34. The fraction of sp³-hybridized carbons (Fsp3) is 0.462. The smallest absolute Gasteiger partial charge is 0.241 e. The molecule has 0 spiro atoms. The van der Waals surface area contributed by atoms with Gasteiger partial charge in [-0.25, -0.2) is 8.78 Å². The Balaban J connectivity index is 2.27. The van der Waals surface area contributed by atoms with E-state index < -0.39 is 34.6 Å². The molecule has 2 rings (SSSR count). The van der Waals surface area contributed by atoms with E-state index in [9.17, 15) is 17.8 Å². The summed E-state index contributed by atoms with van der Waals surface area (Å²) in [5.41, 5.74) is 0.214. The summed E-state index contributed by atoms with van der Waals surface area (Å²) >= 11 is 0. The Kier molecular flexibility index (Phi) is 4.49. The highest BCUT2D eigenvalue weighted by atomic mass is 32.2. The maximum atomic E-state index is 13.9. The highest BCUT2D eigenvalue weighted by Gasteiger charge is 2.38. The zero-order valence-electron chi connectivity index (χ0n) is 11.2. The van der Waals surface area contributed by atoms with E-state index in [-0.39, 0.29) is 18.0 Å². The lowest BCUT2D eigenvalue weighted by Crippen LogP contribution is -2.34. The summed E-state index contributed by atoms with van der Waals surface area (Å²) in [4.78, 5) is 13.5. The molecule has 0 radical (unpaired) electrons. The molecule has 1 N–H and O–H groups in total. The summed E-state index contributed by atoms with van der Waals surface area (Å²) in [6, 6.07) is 2.82. The largest absolute Gasteiger partial charge is 0.321 e. The van der Waals surface area contributed by atoms with Gasteiger partial charge >= 0.3 is 0 Å². The summed E-state index contributed by atoms with van der Waals surface area (Å²) in [5.74, 6) is -1.22. The molecule has 1 saturated heterocycles. The van der Waals surface area contributed by atoms with Crippen LogP contribution < -0.4 is 5.32 Å². The van der Waals surface area contributed by atoms with Gasteiger partial charge in [0.1, 0.15) is 17.8 Å². The second-order valence-electron chi connectivity index (χ2n) is 4.77. The van der Waals surface area contributed by atoms with Gasteiger partial charge in [0.2, 0.25) is 5.91 Å². The number of carbonyl (C=O) groups excluding carboxylic acids is 1. The van der Waals surface area contributed by atoms with Crippen LogP contribution in [-0.4, -0.2) is 39.6 Å². The lowest BCUT2D eigenvalue weighted by atomic mass is 10.1. The minimum atomic E-state index is -1.04. The lowest BCUT2D eigenvalue weighted by Gasteiger charge is -2.24. The number of amides is 1. The van der Waals surface area contributed by atoms with E-state index in [1.807, 2.05) is 0 Å². The van der Waals surface area contributed by atoms with Crippen molar-refractivity contribution in [3.8, 4) is 0 Å². The minimum Gasteiger partial charge on any atom is -0.321 e. The van der Waals surface area contributed by atoms with E-state index >= 15 is 0 Å². The van der Waals surface area contributed by atoms with Gasteiger partial charge in [-0.2, -0.15) is 0 Å². The lowest BCUT2D eigenvalue weighted by molar-refractivity contribution is -0.129. The van der Waals surface area contributed by atoms with Crippen molar-refractivity contribution in [2.45, 2.75) is 19.1 Å². The van der Waals surface area contributed by atoms with Gasteiger partial charge < -0.3 is 4.90 Å². The van der Waals surface area contributed by atoms with E-state index in [4.69, 9.17) is 0 Å². The van der Waals surface area contributed by atoms with Crippen LogP contribution in [0.1, 0.15) is 18.7 Å². The van der Waals surface area contributed by atoms with E-state index in [0.29, 0.717) is 5.75 Å². The first kappa shape index (κ1) is 15.1. The molecule has 4 nitrogen and oxygen atoms in total. The summed E-state index contributed by atoms with van der Waals surface area (Å²) in [5, 5.41) is 2.97. The molecule has 1 fully saturated rings. The Bertz CT molecular complexity index is 553. The Morgan fingerprint density at radius 3 is 2.70 bits per heavy atom. The van der Waals surface area contributed by atoms with Crippen molar-refractivity contribution in [1.82, 2.24) is 10.2 Å². The van der Waals surface area contributed by atoms with Crippen LogP contribution in [0, 0.1) is 11.6 Å². The molecule has 1 heterocycles. The highest BCUT2D eigenvalue weighted by Crippen LogP contribution is 2.27. The van der Waals surface area contributed by atoms with Crippen LogP contribution in [0.5, 0.6) is 0 Å². The van der Waals surface area contributed by atoms with E-state index in [1.165, 1.54) is 11.0 Å². The van der Waals surface area contributed by atoms with Gasteiger partial charge in [-0.15, -0.1) is 0 Å². The maximum absolute atomic E-state index is 13.9. The second-order valence-corrected chi connectivity index (χ2v) is 6.32. The normalized spacial score (nSPS) is 24.2. The third-order valence-electron chi connectivity index (χ3n) is 3.25. The van der Waals surface area contributed by atoms with Gasteiger partial charge in [-0.1, -0.05) is 0 Å². The Labute approximate surface area is 118 Å². The molecule has 1 amide bonds. The third kappa shape index (κ3) is 3.04. The summed E-state index contributed by atoms with van der Waals surface area (Å²) < 4.78 is 38.0. The Morgan fingerprint density at radius 2 is 2.10 bits per heavy atom. The van der Waals surface area contributed by atoms with Crippen molar-refractivity contribution in [1.29, 1.82) is 0 Å². The zero-order valence-corrected chi connectivity index (χ0v) is 12.0. The average Bonchev–Trinajstić information content (AvgIpc) is 2.63. The first-order valence-electron chi connectivity index (χ1n) is 6.21. The van der Waals surface area contributed by atoms with E-state index in [0.717, 1.165) is 12.1 Å². The maximum Gasteiger partial charge on any atom is 0.241 e. The van der Waals surface area contributed by atoms with Crippen molar-refractivity contribution in [3.05, 3.63) is 35.4 Å². The number of nitrogens with zero attached hydrogens (tertiary/aromatic N) is 1. The fourth-order valence-corrected chi connectivity index (χ4v) is 2.67. The number of hydrogen-bond donors (Lipinski definition) is 1. The summed E-state index contributed by atoms with van der Waals surface area (Å²) in [7, 11) is -1.04. The van der Waals surface area contributed by atoms with Crippen molar-refractivity contribution in [2.24, 2.45) is 0 Å². The van der Waals surface area contributed by atoms with E-state index in [2.05, 4.69) is 5.32 Å². The first-order valence-corrected chi connectivity index (χ1v) is 7.94. The predicted molar refractivity (Wildman–Crippen MR) is 72.3 cm³/mol. The molecular weight excluding hydrogens is 286 g/mol. The van der Waals surface area contributed by atoms with Gasteiger partial charge in [0.15, 0.2) is 0 Å². The Morgan fingerprint density at radius 1 is 1.40 bits per heavy atom. The number of hydrogen-bond acceptors (Lipinski definition) is 3. The van der Waals surface area contributed by atoms with Crippen LogP contribution in [0.25, 0.3) is 0 Å². The second kappa shape index (κ2) is 5.97. The molecule has 110 valence electrons. The van der Waals surface area contributed by atoms with Crippen molar-refractivity contribution < 1.29 is 17.8 Å². The molecule has 1 aromatic carbocycles. The summed E-state index contributed by atoms with van der Waals surface area (Å²) in [6.45, 7) is 1.94. The van der Waals surface area contributed by atoms with Crippen molar-refractivity contribution >= 4 is 16.7 Å². The zero-order chi connectivity index (χ0) is 14.9. The molecule has 1 aromatic rings. The average molecular weight is 302 g/mol.